The number of halogens is 1. The van der Waals surface area contributed by atoms with E-state index in [2.05, 4.69) is 25.4 Å². The maximum Gasteiger partial charge on any atom is 0.251 e. The lowest BCUT2D eigenvalue weighted by molar-refractivity contribution is -0.115. The van der Waals surface area contributed by atoms with Gasteiger partial charge in [0.2, 0.25) is 5.91 Å². The largest absolute Gasteiger partial charge is 0.343 e. The van der Waals surface area contributed by atoms with Crippen molar-refractivity contribution in [2.75, 3.05) is 11.9 Å². The van der Waals surface area contributed by atoms with E-state index in [0.717, 1.165) is 49.1 Å². The van der Waals surface area contributed by atoms with Gasteiger partial charge in [0, 0.05) is 29.8 Å². The van der Waals surface area contributed by atoms with Crippen LogP contribution in [-0.4, -0.2) is 33.1 Å². The van der Waals surface area contributed by atoms with Crippen molar-refractivity contribution in [3.63, 3.8) is 0 Å². The average Bonchev–Trinajstić information content (AvgIpc) is 3.00. The molecule has 0 bridgehead atoms. The molecule has 0 radical (unpaired) electrons. The molecule has 0 saturated carbocycles. The van der Waals surface area contributed by atoms with E-state index >= 15 is 0 Å². The van der Waals surface area contributed by atoms with Crippen LogP contribution in [0.3, 0.4) is 0 Å². The minimum Gasteiger partial charge on any atom is -0.343 e. The number of rotatable bonds is 5. The zero-order valence-corrected chi connectivity index (χ0v) is 16.4. The smallest absolute Gasteiger partial charge is 0.251 e. The van der Waals surface area contributed by atoms with Crippen molar-refractivity contribution in [1.82, 2.24) is 20.1 Å². The number of fused-ring (bicyclic) bond motifs is 1. The standard InChI is InChI=1S/C22H22FN5O2/c23-17-6-4-5-16(13-17)22(30)24-14-20(29)25-18-10-8-15(9-11-18)21-27-26-19-7-2-1-3-12-28(19)21/h4-6,8-11,13H,1-3,7,12,14H2,(H,24,30)(H,25,29). The molecule has 0 aliphatic carbocycles. The average molecular weight is 407 g/mol. The van der Waals surface area contributed by atoms with E-state index in [4.69, 9.17) is 0 Å². The van der Waals surface area contributed by atoms with Gasteiger partial charge in [-0.25, -0.2) is 4.39 Å². The third-order valence-electron chi connectivity index (χ3n) is 5.03. The highest BCUT2D eigenvalue weighted by molar-refractivity contribution is 5.99. The Hall–Kier alpha value is -3.55. The number of benzene rings is 2. The number of nitrogens with one attached hydrogen (secondary N) is 2. The molecule has 1 aliphatic heterocycles. The fourth-order valence-corrected chi connectivity index (χ4v) is 3.50. The second-order valence-electron chi connectivity index (χ2n) is 7.22. The summed E-state index contributed by atoms with van der Waals surface area (Å²) in [6.07, 6.45) is 4.40. The highest BCUT2D eigenvalue weighted by Gasteiger charge is 2.16. The van der Waals surface area contributed by atoms with Gasteiger partial charge in [-0.1, -0.05) is 12.5 Å². The van der Waals surface area contributed by atoms with E-state index in [0.29, 0.717) is 5.69 Å². The molecule has 2 aromatic carbocycles. The zero-order chi connectivity index (χ0) is 20.9. The predicted molar refractivity (Wildman–Crippen MR) is 110 cm³/mol. The summed E-state index contributed by atoms with van der Waals surface area (Å²) in [5, 5.41) is 13.9. The molecule has 4 rings (SSSR count). The second-order valence-corrected chi connectivity index (χ2v) is 7.22. The lowest BCUT2D eigenvalue weighted by atomic mass is 10.2. The number of amides is 2. The number of anilines is 1. The SMILES string of the molecule is O=C(CNC(=O)c1cccc(F)c1)Nc1ccc(-c2nnc3n2CCCCC3)cc1. The van der Waals surface area contributed by atoms with Gasteiger partial charge in [0.25, 0.3) is 5.91 Å². The fourth-order valence-electron chi connectivity index (χ4n) is 3.50. The van der Waals surface area contributed by atoms with Gasteiger partial charge in [-0.15, -0.1) is 10.2 Å². The Bertz CT molecular complexity index is 1060. The van der Waals surface area contributed by atoms with Crippen LogP contribution in [0.15, 0.2) is 48.5 Å². The molecule has 0 spiro atoms. The normalized spacial score (nSPS) is 13.2. The van der Waals surface area contributed by atoms with Crippen molar-refractivity contribution in [3.05, 3.63) is 65.7 Å². The van der Waals surface area contributed by atoms with Gasteiger partial charge in [-0.05, 0) is 55.3 Å². The summed E-state index contributed by atoms with van der Waals surface area (Å²) in [4.78, 5) is 24.1. The third kappa shape index (κ3) is 4.53. The van der Waals surface area contributed by atoms with Crippen molar-refractivity contribution >= 4 is 17.5 Å². The highest BCUT2D eigenvalue weighted by Crippen LogP contribution is 2.23. The molecule has 7 nitrogen and oxygen atoms in total. The minimum atomic E-state index is -0.507. The van der Waals surface area contributed by atoms with E-state index in [1.54, 1.807) is 12.1 Å². The lowest BCUT2D eigenvalue weighted by Gasteiger charge is -2.09. The predicted octanol–water partition coefficient (Wildman–Crippen LogP) is 3.18. The third-order valence-corrected chi connectivity index (χ3v) is 5.03. The molecule has 1 aromatic heterocycles. The van der Waals surface area contributed by atoms with E-state index < -0.39 is 11.7 Å². The monoisotopic (exact) mass is 407 g/mol. The topological polar surface area (TPSA) is 88.9 Å². The van der Waals surface area contributed by atoms with Crippen LogP contribution >= 0.6 is 0 Å². The summed E-state index contributed by atoms with van der Waals surface area (Å²) in [6.45, 7) is 0.704. The molecular formula is C22H22FN5O2. The summed E-state index contributed by atoms with van der Waals surface area (Å²) in [5.41, 5.74) is 1.71. The summed E-state index contributed by atoms with van der Waals surface area (Å²) >= 11 is 0. The number of aryl methyl sites for hydroxylation is 1. The minimum absolute atomic E-state index is 0.166. The number of hydrogen-bond acceptors (Lipinski definition) is 4. The van der Waals surface area contributed by atoms with Crippen LogP contribution in [0.25, 0.3) is 11.4 Å². The van der Waals surface area contributed by atoms with Crippen molar-refractivity contribution in [3.8, 4) is 11.4 Å². The van der Waals surface area contributed by atoms with Crippen LogP contribution in [0.1, 0.15) is 35.4 Å². The van der Waals surface area contributed by atoms with Gasteiger partial charge in [-0.2, -0.15) is 0 Å². The van der Waals surface area contributed by atoms with Crippen molar-refractivity contribution < 1.29 is 14.0 Å². The maximum absolute atomic E-state index is 13.2. The molecule has 0 saturated heterocycles. The van der Waals surface area contributed by atoms with Gasteiger partial charge in [0.15, 0.2) is 5.82 Å². The van der Waals surface area contributed by atoms with E-state index in [-0.39, 0.29) is 18.0 Å². The van der Waals surface area contributed by atoms with Gasteiger partial charge in [0.05, 0.1) is 6.54 Å². The molecule has 30 heavy (non-hydrogen) atoms. The number of nitrogens with zero attached hydrogens (tertiary/aromatic N) is 3. The lowest BCUT2D eigenvalue weighted by Crippen LogP contribution is -2.32. The van der Waals surface area contributed by atoms with Gasteiger partial charge < -0.3 is 15.2 Å². The van der Waals surface area contributed by atoms with Crippen LogP contribution in [0.2, 0.25) is 0 Å². The molecule has 2 N–H and O–H groups in total. The zero-order valence-electron chi connectivity index (χ0n) is 16.4. The molecule has 0 unspecified atom stereocenters. The van der Waals surface area contributed by atoms with Gasteiger partial charge in [0.1, 0.15) is 11.6 Å². The number of aromatic nitrogens is 3. The molecule has 1 aliphatic rings. The first-order chi connectivity index (χ1) is 14.6. The summed E-state index contributed by atoms with van der Waals surface area (Å²) < 4.78 is 15.4. The van der Waals surface area contributed by atoms with E-state index in [1.165, 1.54) is 24.6 Å². The molecule has 3 aromatic rings. The summed E-state index contributed by atoms with van der Waals surface area (Å²) in [6, 6.07) is 12.7. The molecule has 0 fully saturated rings. The summed E-state index contributed by atoms with van der Waals surface area (Å²) in [5.74, 6) is 0.481. The molecule has 154 valence electrons. The number of carbonyl (C=O) groups excluding carboxylic acids is 2. The first-order valence-corrected chi connectivity index (χ1v) is 9.96. The van der Waals surface area contributed by atoms with Gasteiger partial charge >= 0.3 is 0 Å². The van der Waals surface area contributed by atoms with Crippen LogP contribution < -0.4 is 10.6 Å². The Labute approximate surface area is 173 Å². The Balaban J connectivity index is 1.35. The molecule has 2 amide bonds. The number of carbonyl (C=O) groups is 2. The van der Waals surface area contributed by atoms with Crippen molar-refractivity contribution in [1.29, 1.82) is 0 Å². The van der Waals surface area contributed by atoms with E-state index in [1.807, 2.05) is 12.1 Å². The first-order valence-electron chi connectivity index (χ1n) is 9.96. The number of hydrogen-bond donors (Lipinski definition) is 2. The van der Waals surface area contributed by atoms with E-state index in [9.17, 15) is 14.0 Å². The first kappa shape index (κ1) is 19.8. The molecule has 2 heterocycles. The van der Waals surface area contributed by atoms with Crippen molar-refractivity contribution in [2.45, 2.75) is 32.2 Å². The van der Waals surface area contributed by atoms with Crippen molar-refractivity contribution in [2.24, 2.45) is 0 Å². The molecule has 8 heteroatoms. The fraction of sp³-hybridized carbons (Fsp3) is 0.273. The Morgan fingerprint density at radius 1 is 1.03 bits per heavy atom. The molecule has 0 atom stereocenters. The quantitative estimate of drug-likeness (QED) is 0.680. The maximum atomic E-state index is 13.2. The van der Waals surface area contributed by atoms with Crippen LogP contribution in [-0.2, 0) is 17.8 Å². The highest BCUT2D eigenvalue weighted by atomic mass is 19.1. The Kier molecular flexibility index (Phi) is 5.83. The Morgan fingerprint density at radius 3 is 2.67 bits per heavy atom. The molecular weight excluding hydrogens is 385 g/mol. The van der Waals surface area contributed by atoms with Crippen LogP contribution in [0.5, 0.6) is 0 Å². The van der Waals surface area contributed by atoms with Crippen LogP contribution in [0, 0.1) is 5.82 Å². The van der Waals surface area contributed by atoms with Crippen LogP contribution in [0.4, 0.5) is 10.1 Å². The second kappa shape index (κ2) is 8.86. The Morgan fingerprint density at radius 2 is 1.87 bits per heavy atom. The van der Waals surface area contributed by atoms with Gasteiger partial charge in [-0.3, -0.25) is 9.59 Å². The summed E-state index contributed by atoms with van der Waals surface area (Å²) in [7, 11) is 0.